The highest BCUT2D eigenvalue weighted by atomic mass is 79.9. The van der Waals surface area contributed by atoms with Crippen LogP contribution in [-0.2, 0) is 0 Å². The van der Waals surface area contributed by atoms with E-state index in [1.54, 1.807) is 6.07 Å². The molecule has 0 amide bonds. The third kappa shape index (κ3) is 4.08. The molecule has 2 aliphatic rings. The number of benzene rings is 1. The second-order valence-corrected chi connectivity index (χ2v) is 6.10. The molecule has 6 heteroatoms. The fraction of sp³-hybridized carbons (Fsp3) is 0.571. The predicted octanol–water partition coefficient (Wildman–Crippen LogP) is 3.79. The molecule has 0 bridgehead atoms. The molecule has 0 radical (unpaired) electrons. The van der Waals surface area contributed by atoms with Gasteiger partial charge in [0.1, 0.15) is 5.82 Å². The van der Waals surface area contributed by atoms with Crippen molar-refractivity contribution in [1.29, 1.82) is 0 Å². The van der Waals surface area contributed by atoms with Gasteiger partial charge in [0.2, 0.25) is 0 Å². The highest BCUT2D eigenvalue weighted by molar-refractivity contribution is 9.10. The lowest BCUT2D eigenvalue weighted by Crippen LogP contribution is -2.45. The fourth-order valence-electron chi connectivity index (χ4n) is 2.85. The van der Waals surface area contributed by atoms with Crippen molar-refractivity contribution in [3.8, 4) is 0 Å². The van der Waals surface area contributed by atoms with E-state index in [-0.39, 0.29) is 30.6 Å². The summed E-state index contributed by atoms with van der Waals surface area (Å²) in [6.45, 7) is 4.31. The smallest absolute Gasteiger partial charge is 0.137 e. The van der Waals surface area contributed by atoms with Crippen LogP contribution in [0.4, 0.5) is 4.39 Å². The SMILES string of the molecule is Cl.Cl.Fc1ccc([C@@H](C2CC2)N2CCNCC2)cc1Br. The van der Waals surface area contributed by atoms with Crippen molar-refractivity contribution < 1.29 is 4.39 Å². The van der Waals surface area contributed by atoms with Crippen LogP contribution in [0.15, 0.2) is 22.7 Å². The van der Waals surface area contributed by atoms with E-state index in [2.05, 4.69) is 26.1 Å². The lowest BCUT2D eigenvalue weighted by molar-refractivity contribution is 0.156. The van der Waals surface area contributed by atoms with Crippen molar-refractivity contribution in [2.45, 2.75) is 18.9 Å². The Morgan fingerprint density at radius 1 is 1.20 bits per heavy atom. The van der Waals surface area contributed by atoms with Crippen molar-refractivity contribution >= 4 is 40.7 Å². The summed E-state index contributed by atoms with van der Waals surface area (Å²) in [4.78, 5) is 2.55. The van der Waals surface area contributed by atoms with Gasteiger partial charge in [-0.2, -0.15) is 0 Å². The zero-order valence-electron chi connectivity index (χ0n) is 11.1. The number of halogens is 4. The topological polar surface area (TPSA) is 15.3 Å². The van der Waals surface area contributed by atoms with Crippen LogP contribution >= 0.6 is 40.7 Å². The zero-order valence-corrected chi connectivity index (χ0v) is 14.4. The summed E-state index contributed by atoms with van der Waals surface area (Å²) in [5, 5.41) is 3.39. The number of nitrogens with one attached hydrogen (secondary N) is 1. The largest absolute Gasteiger partial charge is 0.314 e. The summed E-state index contributed by atoms with van der Waals surface area (Å²) in [5.41, 5.74) is 1.26. The summed E-state index contributed by atoms with van der Waals surface area (Å²) in [6.07, 6.45) is 2.62. The number of hydrogen-bond donors (Lipinski definition) is 1. The molecule has 1 aromatic rings. The first kappa shape index (κ1) is 18.2. The van der Waals surface area contributed by atoms with Crippen LogP contribution in [0.1, 0.15) is 24.4 Å². The standard InChI is InChI=1S/C14H18BrFN2.2ClH/c15-12-9-11(3-4-13(12)16)14(10-1-2-10)18-7-5-17-6-8-18;;/h3-4,9-10,14,17H,1-2,5-8H2;2*1H/t14-;;/m1../s1. The molecule has 1 aromatic carbocycles. The van der Waals surface area contributed by atoms with E-state index in [0.29, 0.717) is 10.5 Å². The van der Waals surface area contributed by atoms with Gasteiger partial charge in [-0.3, -0.25) is 4.90 Å². The monoisotopic (exact) mass is 384 g/mol. The second kappa shape index (κ2) is 7.95. The Morgan fingerprint density at radius 3 is 2.40 bits per heavy atom. The minimum Gasteiger partial charge on any atom is -0.314 e. The Hall–Kier alpha value is 0.130. The van der Waals surface area contributed by atoms with E-state index in [0.717, 1.165) is 32.1 Å². The van der Waals surface area contributed by atoms with E-state index in [9.17, 15) is 4.39 Å². The average Bonchev–Trinajstić information content (AvgIpc) is 3.20. The Balaban J connectivity index is 0.000001000. The fourth-order valence-corrected chi connectivity index (χ4v) is 3.25. The molecule has 0 spiro atoms. The van der Waals surface area contributed by atoms with Crippen LogP contribution in [0.25, 0.3) is 0 Å². The summed E-state index contributed by atoms with van der Waals surface area (Å²) in [6, 6.07) is 5.96. The summed E-state index contributed by atoms with van der Waals surface area (Å²) in [5.74, 6) is 0.592. The van der Waals surface area contributed by atoms with Crippen molar-refractivity contribution in [3.05, 3.63) is 34.1 Å². The van der Waals surface area contributed by atoms with Gasteiger partial charge in [0, 0.05) is 32.2 Å². The molecule has 114 valence electrons. The molecule has 1 heterocycles. The Bertz CT molecular complexity index is 437. The van der Waals surface area contributed by atoms with E-state index >= 15 is 0 Å². The van der Waals surface area contributed by atoms with Gasteiger partial charge in [-0.05, 0) is 52.4 Å². The lowest BCUT2D eigenvalue weighted by Gasteiger charge is -2.35. The van der Waals surface area contributed by atoms with E-state index in [1.165, 1.54) is 18.4 Å². The van der Waals surface area contributed by atoms with Crippen LogP contribution in [0.2, 0.25) is 0 Å². The van der Waals surface area contributed by atoms with Crippen LogP contribution in [0.3, 0.4) is 0 Å². The molecule has 3 rings (SSSR count). The summed E-state index contributed by atoms with van der Waals surface area (Å²) < 4.78 is 13.9. The van der Waals surface area contributed by atoms with Gasteiger partial charge in [-0.25, -0.2) is 4.39 Å². The van der Waals surface area contributed by atoms with E-state index in [4.69, 9.17) is 0 Å². The first-order valence-electron chi connectivity index (χ1n) is 6.65. The Morgan fingerprint density at radius 2 is 1.85 bits per heavy atom. The van der Waals surface area contributed by atoms with Crippen LogP contribution in [0.5, 0.6) is 0 Å². The van der Waals surface area contributed by atoms with Crippen molar-refractivity contribution in [1.82, 2.24) is 10.2 Å². The third-order valence-electron chi connectivity index (χ3n) is 3.90. The molecule has 0 unspecified atom stereocenters. The molecule has 0 aromatic heterocycles. The molecule has 1 saturated carbocycles. The number of piperazine rings is 1. The number of hydrogen-bond acceptors (Lipinski definition) is 2. The molecule has 1 aliphatic heterocycles. The van der Waals surface area contributed by atoms with E-state index in [1.807, 2.05) is 12.1 Å². The van der Waals surface area contributed by atoms with Crippen LogP contribution in [0, 0.1) is 11.7 Å². The molecular weight excluding hydrogens is 366 g/mol. The molecular formula is C14H20BrCl2FN2. The Labute approximate surface area is 140 Å². The van der Waals surface area contributed by atoms with Gasteiger partial charge in [-0.1, -0.05) is 6.07 Å². The third-order valence-corrected chi connectivity index (χ3v) is 4.51. The van der Waals surface area contributed by atoms with Gasteiger partial charge in [0.15, 0.2) is 0 Å². The van der Waals surface area contributed by atoms with Gasteiger partial charge in [-0.15, -0.1) is 24.8 Å². The molecule has 20 heavy (non-hydrogen) atoms. The normalized spacial score (nSPS) is 20.7. The molecule has 2 fully saturated rings. The maximum absolute atomic E-state index is 13.4. The van der Waals surface area contributed by atoms with Crippen LogP contribution in [-0.4, -0.2) is 31.1 Å². The highest BCUT2D eigenvalue weighted by Gasteiger charge is 2.36. The molecule has 1 saturated heterocycles. The van der Waals surface area contributed by atoms with Crippen molar-refractivity contribution in [2.24, 2.45) is 5.92 Å². The summed E-state index contributed by atoms with van der Waals surface area (Å²) in [7, 11) is 0. The number of rotatable bonds is 3. The van der Waals surface area contributed by atoms with Crippen LogP contribution < -0.4 is 5.32 Å². The van der Waals surface area contributed by atoms with Gasteiger partial charge in [0.05, 0.1) is 4.47 Å². The Kier molecular flexibility index (Phi) is 7.22. The van der Waals surface area contributed by atoms with Gasteiger partial charge < -0.3 is 5.32 Å². The van der Waals surface area contributed by atoms with Gasteiger partial charge >= 0.3 is 0 Å². The van der Waals surface area contributed by atoms with E-state index < -0.39 is 0 Å². The molecule has 1 atom stereocenters. The average molecular weight is 386 g/mol. The second-order valence-electron chi connectivity index (χ2n) is 5.24. The first-order valence-corrected chi connectivity index (χ1v) is 7.45. The minimum atomic E-state index is -0.173. The lowest BCUT2D eigenvalue weighted by atomic mass is 10.00. The maximum Gasteiger partial charge on any atom is 0.137 e. The van der Waals surface area contributed by atoms with Crippen molar-refractivity contribution in [3.63, 3.8) is 0 Å². The summed E-state index contributed by atoms with van der Waals surface area (Å²) >= 11 is 3.30. The minimum absolute atomic E-state index is 0. The van der Waals surface area contributed by atoms with Gasteiger partial charge in [0.25, 0.3) is 0 Å². The molecule has 1 N–H and O–H groups in total. The highest BCUT2D eigenvalue weighted by Crippen LogP contribution is 2.45. The number of nitrogens with zero attached hydrogens (tertiary/aromatic N) is 1. The zero-order chi connectivity index (χ0) is 12.5. The molecule has 2 nitrogen and oxygen atoms in total. The van der Waals surface area contributed by atoms with Crippen molar-refractivity contribution in [2.75, 3.05) is 26.2 Å². The first-order chi connectivity index (χ1) is 8.75. The maximum atomic E-state index is 13.4. The molecule has 1 aliphatic carbocycles. The quantitative estimate of drug-likeness (QED) is 0.851. The predicted molar refractivity (Wildman–Crippen MR) is 88.5 cm³/mol.